The first kappa shape index (κ1) is 18.5. The van der Waals surface area contributed by atoms with Crippen molar-refractivity contribution < 1.29 is 18.4 Å². The van der Waals surface area contributed by atoms with Gasteiger partial charge in [0.1, 0.15) is 11.6 Å². The minimum atomic E-state index is -0.551. The lowest BCUT2D eigenvalue weighted by Crippen LogP contribution is -2.37. The lowest BCUT2D eigenvalue weighted by Gasteiger charge is -2.23. The van der Waals surface area contributed by atoms with Crippen molar-refractivity contribution in [3.05, 3.63) is 69.7 Å². The topological polar surface area (TPSA) is 40.6 Å². The summed E-state index contributed by atoms with van der Waals surface area (Å²) in [6.45, 7) is 1.58. The van der Waals surface area contributed by atoms with Crippen LogP contribution >= 0.6 is 15.9 Å². The van der Waals surface area contributed by atoms with Crippen molar-refractivity contribution in [2.24, 2.45) is 0 Å². The van der Waals surface area contributed by atoms with Gasteiger partial charge < -0.3 is 9.80 Å². The zero-order valence-electron chi connectivity index (χ0n) is 13.9. The molecule has 4 nitrogen and oxygen atoms in total. The molecule has 2 amide bonds. The monoisotopic (exact) mass is 422 g/mol. The van der Waals surface area contributed by atoms with Crippen LogP contribution in [0.5, 0.6) is 0 Å². The summed E-state index contributed by atoms with van der Waals surface area (Å²) in [6, 6.07) is 9.80. The van der Waals surface area contributed by atoms with Gasteiger partial charge in [-0.25, -0.2) is 8.78 Å². The average Bonchev–Trinajstić information content (AvgIpc) is 2.87. The Hall–Kier alpha value is -2.28. The molecule has 1 aliphatic heterocycles. The van der Waals surface area contributed by atoms with E-state index in [1.807, 2.05) is 0 Å². The van der Waals surface area contributed by atoms with E-state index in [-0.39, 0.29) is 17.4 Å². The molecule has 1 heterocycles. The van der Waals surface area contributed by atoms with Gasteiger partial charge >= 0.3 is 0 Å². The van der Waals surface area contributed by atoms with E-state index in [1.165, 1.54) is 36.4 Å². The number of carbonyl (C=O) groups excluding carboxylic acids is 2. The molecule has 0 N–H and O–H groups in total. The summed E-state index contributed by atoms with van der Waals surface area (Å²) < 4.78 is 27.5. The maximum Gasteiger partial charge on any atom is 0.256 e. The van der Waals surface area contributed by atoms with Gasteiger partial charge in [0.05, 0.1) is 11.1 Å². The number of hydrogen-bond donors (Lipinski definition) is 0. The van der Waals surface area contributed by atoms with Crippen LogP contribution in [-0.4, -0.2) is 47.8 Å². The van der Waals surface area contributed by atoms with E-state index in [9.17, 15) is 18.4 Å². The molecular weight excluding hydrogens is 406 g/mol. The molecule has 1 aliphatic rings. The second kappa shape index (κ2) is 7.95. The van der Waals surface area contributed by atoms with Gasteiger partial charge in [0.15, 0.2) is 0 Å². The van der Waals surface area contributed by atoms with Crippen LogP contribution in [0.3, 0.4) is 0 Å². The fraction of sp³-hybridized carbons (Fsp3) is 0.263. The molecule has 136 valence electrons. The molecule has 1 saturated heterocycles. The number of nitrogens with zero attached hydrogens (tertiary/aromatic N) is 2. The second-order valence-electron chi connectivity index (χ2n) is 6.04. The third kappa shape index (κ3) is 3.93. The van der Waals surface area contributed by atoms with E-state index in [0.717, 1.165) is 0 Å². The van der Waals surface area contributed by atoms with E-state index in [4.69, 9.17) is 0 Å². The maximum absolute atomic E-state index is 13.9. The number of halogens is 3. The third-order valence-electron chi connectivity index (χ3n) is 4.34. The highest BCUT2D eigenvalue weighted by Crippen LogP contribution is 2.21. The second-order valence-corrected chi connectivity index (χ2v) is 6.90. The van der Waals surface area contributed by atoms with Crippen molar-refractivity contribution >= 4 is 27.7 Å². The number of benzene rings is 2. The average molecular weight is 423 g/mol. The Balaban J connectivity index is 1.71. The minimum Gasteiger partial charge on any atom is -0.337 e. The van der Waals surface area contributed by atoms with Gasteiger partial charge in [0, 0.05) is 30.7 Å². The number of amides is 2. The predicted octanol–water partition coefficient (Wildman–Crippen LogP) is 3.72. The van der Waals surface area contributed by atoms with Gasteiger partial charge in [-0.2, -0.15) is 0 Å². The van der Waals surface area contributed by atoms with Crippen LogP contribution in [0.15, 0.2) is 46.9 Å². The number of hydrogen-bond acceptors (Lipinski definition) is 2. The molecule has 0 atom stereocenters. The lowest BCUT2D eigenvalue weighted by atomic mass is 10.2. The Labute approximate surface area is 158 Å². The first-order valence-electron chi connectivity index (χ1n) is 8.25. The third-order valence-corrected chi connectivity index (χ3v) is 4.99. The largest absolute Gasteiger partial charge is 0.337 e. The Morgan fingerprint density at radius 1 is 0.846 bits per heavy atom. The highest BCUT2D eigenvalue weighted by atomic mass is 79.9. The van der Waals surface area contributed by atoms with Crippen LogP contribution in [0.25, 0.3) is 0 Å². The van der Waals surface area contributed by atoms with E-state index < -0.39 is 11.6 Å². The van der Waals surface area contributed by atoms with E-state index in [1.54, 1.807) is 15.9 Å². The molecule has 1 fully saturated rings. The number of carbonyl (C=O) groups is 2. The summed E-state index contributed by atoms with van der Waals surface area (Å²) in [5.74, 6) is -1.58. The van der Waals surface area contributed by atoms with Crippen molar-refractivity contribution in [3.8, 4) is 0 Å². The molecular formula is C19H17BrF2N2O2. The summed E-state index contributed by atoms with van der Waals surface area (Å²) in [5, 5.41) is 0. The van der Waals surface area contributed by atoms with Gasteiger partial charge in [-0.15, -0.1) is 0 Å². The standard InChI is InChI=1S/C19H17BrF2N2O2/c20-16-12-13(21)6-7-14(16)18(25)23-8-3-9-24(11-10-23)19(26)15-4-1-2-5-17(15)22/h1-2,4-7,12H,3,8-11H2. The predicted molar refractivity (Wildman–Crippen MR) is 96.9 cm³/mol. The van der Waals surface area contributed by atoms with Crippen molar-refractivity contribution in [1.82, 2.24) is 9.80 Å². The first-order valence-corrected chi connectivity index (χ1v) is 9.05. The summed E-state index contributed by atoms with van der Waals surface area (Å²) in [7, 11) is 0. The molecule has 2 aromatic rings. The normalized spacial score (nSPS) is 14.9. The molecule has 26 heavy (non-hydrogen) atoms. The lowest BCUT2D eigenvalue weighted by molar-refractivity contribution is 0.0715. The highest BCUT2D eigenvalue weighted by Gasteiger charge is 2.25. The molecule has 3 rings (SSSR count). The Morgan fingerprint density at radius 2 is 1.46 bits per heavy atom. The van der Waals surface area contributed by atoms with Gasteiger partial charge in [0.25, 0.3) is 11.8 Å². The summed E-state index contributed by atoms with van der Waals surface area (Å²) in [4.78, 5) is 28.4. The SMILES string of the molecule is O=C(c1ccccc1F)N1CCCN(C(=O)c2ccc(F)cc2Br)CC1. The molecule has 0 radical (unpaired) electrons. The van der Waals surface area contributed by atoms with Gasteiger partial charge in [-0.3, -0.25) is 9.59 Å². The molecule has 0 aliphatic carbocycles. The minimum absolute atomic E-state index is 0.0357. The number of rotatable bonds is 2. The van der Waals surface area contributed by atoms with E-state index >= 15 is 0 Å². The van der Waals surface area contributed by atoms with Crippen molar-refractivity contribution in [2.75, 3.05) is 26.2 Å². The van der Waals surface area contributed by atoms with Crippen molar-refractivity contribution in [2.45, 2.75) is 6.42 Å². The molecule has 2 aromatic carbocycles. The fourth-order valence-corrected chi connectivity index (χ4v) is 3.48. The van der Waals surface area contributed by atoms with E-state index in [0.29, 0.717) is 42.6 Å². The first-order chi connectivity index (χ1) is 12.5. The Morgan fingerprint density at radius 3 is 2.08 bits per heavy atom. The van der Waals surface area contributed by atoms with Crippen LogP contribution in [0, 0.1) is 11.6 Å². The van der Waals surface area contributed by atoms with Crippen LogP contribution in [0.1, 0.15) is 27.1 Å². The zero-order valence-corrected chi connectivity index (χ0v) is 15.5. The molecule has 0 bridgehead atoms. The van der Waals surface area contributed by atoms with Crippen molar-refractivity contribution in [1.29, 1.82) is 0 Å². The van der Waals surface area contributed by atoms with Crippen LogP contribution in [0.4, 0.5) is 8.78 Å². The summed E-state index contributed by atoms with van der Waals surface area (Å²) in [6.07, 6.45) is 0.588. The van der Waals surface area contributed by atoms with Crippen molar-refractivity contribution in [3.63, 3.8) is 0 Å². The Bertz CT molecular complexity index is 844. The molecule has 0 aromatic heterocycles. The van der Waals surface area contributed by atoms with Crippen LogP contribution < -0.4 is 0 Å². The summed E-state index contributed by atoms with van der Waals surface area (Å²) in [5.41, 5.74) is 0.411. The van der Waals surface area contributed by atoms with Gasteiger partial charge in [-0.05, 0) is 52.7 Å². The molecule has 7 heteroatoms. The Kier molecular flexibility index (Phi) is 5.66. The smallest absolute Gasteiger partial charge is 0.256 e. The maximum atomic E-state index is 13.9. The quantitative estimate of drug-likeness (QED) is 0.739. The summed E-state index contributed by atoms with van der Waals surface area (Å²) >= 11 is 3.21. The molecule has 0 saturated carbocycles. The van der Waals surface area contributed by atoms with Crippen LogP contribution in [0.2, 0.25) is 0 Å². The van der Waals surface area contributed by atoms with Crippen LogP contribution in [-0.2, 0) is 0 Å². The fourth-order valence-electron chi connectivity index (χ4n) is 2.96. The molecule has 0 unspecified atom stereocenters. The van der Waals surface area contributed by atoms with Gasteiger partial charge in [0.2, 0.25) is 0 Å². The highest BCUT2D eigenvalue weighted by molar-refractivity contribution is 9.10. The van der Waals surface area contributed by atoms with E-state index in [2.05, 4.69) is 15.9 Å². The molecule has 0 spiro atoms. The van der Waals surface area contributed by atoms with Gasteiger partial charge in [-0.1, -0.05) is 12.1 Å². The zero-order chi connectivity index (χ0) is 18.7.